The molecule has 4 nitrogen and oxygen atoms in total. The van der Waals surface area contributed by atoms with Crippen molar-refractivity contribution in [2.24, 2.45) is 5.73 Å². The van der Waals surface area contributed by atoms with Gasteiger partial charge < -0.3 is 15.8 Å². The van der Waals surface area contributed by atoms with Gasteiger partial charge in [0.15, 0.2) is 0 Å². The first-order valence-electron chi connectivity index (χ1n) is 7.36. The van der Waals surface area contributed by atoms with Gasteiger partial charge in [-0.1, -0.05) is 17.7 Å². The van der Waals surface area contributed by atoms with Crippen molar-refractivity contribution in [3.05, 3.63) is 29.8 Å². The molecule has 1 heterocycles. The van der Waals surface area contributed by atoms with E-state index in [1.165, 1.54) is 5.56 Å². The van der Waals surface area contributed by atoms with E-state index in [1.54, 1.807) is 11.8 Å². The van der Waals surface area contributed by atoms with E-state index in [4.69, 9.17) is 10.5 Å². The van der Waals surface area contributed by atoms with E-state index in [0.29, 0.717) is 19.8 Å². The van der Waals surface area contributed by atoms with Crippen molar-refractivity contribution in [3.8, 4) is 0 Å². The number of benzene rings is 1. The summed E-state index contributed by atoms with van der Waals surface area (Å²) in [4.78, 5) is 13.3. The highest BCUT2D eigenvalue weighted by molar-refractivity contribution is 8.00. The number of amides is 1. The Balaban J connectivity index is 0.00000242. The summed E-state index contributed by atoms with van der Waals surface area (Å²) in [6, 6.07) is 8.22. The molecule has 2 rings (SSSR count). The fourth-order valence-corrected chi connectivity index (χ4v) is 3.13. The Kier molecular flexibility index (Phi) is 7.69. The molecule has 1 aromatic carbocycles. The van der Waals surface area contributed by atoms with Crippen molar-refractivity contribution in [3.63, 3.8) is 0 Å². The quantitative estimate of drug-likeness (QED) is 0.806. The van der Waals surface area contributed by atoms with Crippen molar-refractivity contribution in [1.82, 2.24) is 5.32 Å². The van der Waals surface area contributed by atoms with Crippen LogP contribution in [-0.2, 0) is 9.53 Å². The van der Waals surface area contributed by atoms with E-state index in [2.05, 4.69) is 24.4 Å². The lowest BCUT2D eigenvalue weighted by Gasteiger charge is -2.33. The maximum absolute atomic E-state index is 12.2. The average Bonchev–Trinajstić information content (AvgIpc) is 2.48. The first kappa shape index (κ1) is 19.3. The molecule has 0 bridgehead atoms. The fourth-order valence-electron chi connectivity index (χ4n) is 2.24. The minimum absolute atomic E-state index is 0. The molecule has 1 aromatic rings. The van der Waals surface area contributed by atoms with Crippen LogP contribution in [0.3, 0.4) is 0 Å². The number of rotatable bonds is 5. The number of carbonyl (C=O) groups is 1. The standard InChI is InChI=1S/C16H24N2O2S.ClH/c1-12-3-5-14(6-4-12)21-13(2)15(19)18-11-16(17)7-9-20-10-8-16;/h3-6,13H,7-11,17H2,1-2H3,(H,18,19);1H/t13-;/m0./s1. The molecule has 6 heteroatoms. The van der Waals surface area contributed by atoms with Crippen molar-refractivity contribution in [1.29, 1.82) is 0 Å². The monoisotopic (exact) mass is 344 g/mol. The zero-order valence-electron chi connectivity index (χ0n) is 13.1. The molecule has 0 unspecified atom stereocenters. The van der Waals surface area contributed by atoms with Crippen molar-refractivity contribution >= 4 is 30.1 Å². The molecule has 3 N–H and O–H groups in total. The highest BCUT2D eigenvalue weighted by Crippen LogP contribution is 2.24. The first-order chi connectivity index (χ1) is 9.98. The number of hydrogen-bond donors (Lipinski definition) is 2. The summed E-state index contributed by atoms with van der Waals surface area (Å²) in [6.45, 7) is 5.86. The Morgan fingerprint density at radius 2 is 1.95 bits per heavy atom. The SMILES string of the molecule is Cc1ccc(S[C@@H](C)C(=O)NCC2(N)CCOCC2)cc1.Cl. The Bertz CT molecular complexity index is 476. The zero-order chi connectivity index (χ0) is 15.3. The molecule has 0 spiro atoms. The number of carbonyl (C=O) groups excluding carboxylic acids is 1. The van der Waals surface area contributed by atoms with Crippen LogP contribution in [0.2, 0.25) is 0 Å². The molecule has 0 saturated carbocycles. The van der Waals surface area contributed by atoms with Crippen LogP contribution in [0.5, 0.6) is 0 Å². The van der Waals surface area contributed by atoms with E-state index >= 15 is 0 Å². The van der Waals surface area contributed by atoms with Gasteiger partial charge in [-0.05, 0) is 38.8 Å². The lowest BCUT2D eigenvalue weighted by atomic mass is 9.91. The van der Waals surface area contributed by atoms with E-state index in [-0.39, 0.29) is 29.1 Å². The second-order valence-electron chi connectivity index (χ2n) is 5.77. The second kappa shape index (κ2) is 8.77. The molecule has 1 saturated heterocycles. The molecule has 1 aliphatic heterocycles. The molecule has 124 valence electrons. The number of halogens is 1. The van der Waals surface area contributed by atoms with Crippen molar-refractivity contribution in [2.45, 2.75) is 42.4 Å². The van der Waals surface area contributed by atoms with Gasteiger partial charge in [0.1, 0.15) is 0 Å². The van der Waals surface area contributed by atoms with Gasteiger partial charge in [-0.15, -0.1) is 24.2 Å². The minimum Gasteiger partial charge on any atom is -0.381 e. The normalized spacial score (nSPS) is 18.1. The maximum Gasteiger partial charge on any atom is 0.233 e. The maximum atomic E-state index is 12.2. The Morgan fingerprint density at radius 1 is 1.36 bits per heavy atom. The third kappa shape index (κ3) is 5.80. The van der Waals surface area contributed by atoms with Gasteiger partial charge in [-0.3, -0.25) is 4.79 Å². The van der Waals surface area contributed by atoms with Crippen molar-refractivity contribution in [2.75, 3.05) is 19.8 Å². The molecule has 22 heavy (non-hydrogen) atoms. The van der Waals surface area contributed by atoms with Crippen LogP contribution in [0.25, 0.3) is 0 Å². The molecular weight excluding hydrogens is 320 g/mol. The molecule has 1 atom stereocenters. The van der Waals surface area contributed by atoms with Crippen LogP contribution >= 0.6 is 24.2 Å². The zero-order valence-corrected chi connectivity index (χ0v) is 14.8. The van der Waals surface area contributed by atoms with E-state index in [1.807, 2.05) is 19.1 Å². The summed E-state index contributed by atoms with van der Waals surface area (Å²) >= 11 is 1.57. The van der Waals surface area contributed by atoms with E-state index in [0.717, 1.165) is 17.7 Å². The fraction of sp³-hybridized carbons (Fsp3) is 0.562. The number of hydrogen-bond acceptors (Lipinski definition) is 4. The summed E-state index contributed by atoms with van der Waals surface area (Å²) < 4.78 is 5.31. The Morgan fingerprint density at radius 3 is 2.55 bits per heavy atom. The smallest absolute Gasteiger partial charge is 0.233 e. The van der Waals surface area contributed by atoms with Gasteiger partial charge in [-0.2, -0.15) is 0 Å². The van der Waals surface area contributed by atoms with Crippen LogP contribution in [-0.4, -0.2) is 36.5 Å². The van der Waals surface area contributed by atoms with Gasteiger partial charge >= 0.3 is 0 Å². The van der Waals surface area contributed by atoms with Gasteiger partial charge in [0.2, 0.25) is 5.91 Å². The molecule has 0 aromatic heterocycles. The average molecular weight is 345 g/mol. The molecule has 1 fully saturated rings. The predicted octanol–water partition coefficient (Wildman–Crippen LogP) is 2.52. The lowest BCUT2D eigenvalue weighted by Crippen LogP contribution is -2.54. The van der Waals surface area contributed by atoms with Crippen LogP contribution < -0.4 is 11.1 Å². The van der Waals surface area contributed by atoms with Crippen molar-refractivity contribution < 1.29 is 9.53 Å². The number of thioether (sulfide) groups is 1. The van der Waals surface area contributed by atoms with Crippen LogP contribution in [0.4, 0.5) is 0 Å². The second-order valence-corrected chi connectivity index (χ2v) is 7.18. The van der Waals surface area contributed by atoms with Crippen LogP contribution in [0.15, 0.2) is 29.2 Å². The summed E-state index contributed by atoms with van der Waals surface area (Å²) in [6.07, 6.45) is 1.60. The number of ether oxygens (including phenoxy) is 1. The molecule has 1 amide bonds. The Labute approximate surface area is 143 Å². The highest BCUT2D eigenvalue weighted by atomic mass is 35.5. The number of nitrogens with two attached hydrogens (primary N) is 1. The summed E-state index contributed by atoms with van der Waals surface area (Å²) in [5.41, 5.74) is 7.18. The lowest BCUT2D eigenvalue weighted by molar-refractivity contribution is -0.120. The van der Waals surface area contributed by atoms with E-state index in [9.17, 15) is 4.79 Å². The molecule has 1 aliphatic rings. The van der Waals surface area contributed by atoms with Crippen LogP contribution in [0, 0.1) is 6.92 Å². The predicted molar refractivity (Wildman–Crippen MR) is 93.7 cm³/mol. The molecule has 0 aliphatic carbocycles. The Hall–Kier alpha value is -0.750. The minimum atomic E-state index is -0.317. The first-order valence-corrected chi connectivity index (χ1v) is 8.24. The third-order valence-electron chi connectivity index (χ3n) is 3.81. The van der Waals surface area contributed by atoms with Gasteiger partial charge in [0, 0.05) is 30.2 Å². The van der Waals surface area contributed by atoms with Crippen LogP contribution in [0.1, 0.15) is 25.3 Å². The summed E-state index contributed by atoms with van der Waals surface area (Å²) in [5.74, 6) is 0.0388. The molecule has 0 radical (unpaired) electrons. The number of aryl methyl sites for hydroxylation is 1. The topological polar surface area (TPSA) is 64.4 Å². The summed E-state index contributed by atoms with van der Waals surface area (Å²) in [5, 5.41) is 2.86. The van der Waals surface area contributed by atoms with Gasteiger partial charge in [0.25, 0.3) is 0 Å². The third-order valence-corrected chi connectivity index (χ3v) is 4.92. The van der Waals surface area contributed by atoms with Gasteiger partial charge in [0.05, 0.1) is 5.25 Å². The largest absolute Gasteiger partial charge is 0.381 e. The summed E-state index contributed by atoms with van der Waals surface area (Å²) in [7, 11) is 0. The molecular formula is C16H25ClN2O2S. The highest BCUT2D eigenvalue weighted by Gasteiger charge is 2.29. The van der Waals surface area contributed by atoms with Gasteiger partial charge in [-0.25, -0.2) is 0 Å². The number of nitrogens with one attached hydrogen (secondary N) is 1. The van der Waals surface area contributed by atoms with E-state index < -0.39 is 0 Å².